The van der Waals surface area contributed by atoms with Crippen molar-refractivity contribution >= 4 is 17.7 Å². The number of phenolic OH excluding ortho intramolecular Hbond substituents is 1. The molecule has 0 radical (unpaired) electrons. The lowest BCUT2D eigenvalue weighted by Crippen LogP contribution is -2.56. The second-order valence-electron chi connectivity index (χ2n) is 9.13. The van der Waals surface area contributed by atoms with Crippen LogP contribution in [0.4, 0.5) is 0 Å². The van der Waals surface area contributed by atoms with Gasteiger partial charge in [-0.2, -0.15) is 0 Å². The van der Waals surface area contributed by atoms with Crippen LogP contribution in [0.1, 0.15) is 51.8 Å². The Morgan fingerprint density at radius 2 is 1.59 bits per heavy atom. The summed E-state index contributed by atoms with van der Waals surface area (Å²) < 4.78 is 0. The quantitative estimate of drug-likeness (QED) is 0.287. The van der Waals surface area contributed by atoms with Crippen molar-refractivity contribution in [3.63, 3.8) is 0 Å². The Morgan fingerprint density at radius 1 is 0.949 bits per heavy atom. The molecule has 3 rings (SSSR count). The van der Waals surface area contributed by atoms with Crippen molar-refractivity contribution in [2.24, 2.45) is 17.2 Å². The molecule has 0 fully saturated rings. The van der Waals surface area contributed by atoms with Crippen molar-refractivity contribution in [3.05, 3.63) is 53.1 Å². The number of rotatable bonds is 6. The Balaban J connectivity index is 0.00000481. The number of carbonyl (C=O) groups is 3. The molecule has 0 spiro atoms. The van der Waals surface area contributed by atoms with Gasteiger partial charge >= 0.3 is 0 Å². The summed E-state index contributed by atoms with van der Waals surface area (Å²) in [7, 11) is 0. The molecule has 0 aliphatic carbocycles. The number of nitrogens with two attached hydrogens (primary N) is 3. The van der Waals surface area contributed by atoms with Gasteiger partial charge in [0.1, 0.15) is 17.8 Å². The van der Waals surface area contributed by atoms with E-state index in [1.807, 2.05) is 25.1 Å². The summed E-state index contributed by atoms with van der Waals surface area (Å²) in [5.41, 5.74) is 21.4. The number of amides is 3. The SMILES string of the molecule is C.C.C.Cc1ccc2cc1C[C@@H](C(=O)NCCN)NC(=O)[C@H](CCCN)NC(=O)[C@@H](N)Cc1cc-2ccc1O. The van der Waals surface area contributed by atoms with E-state index in [2.05, 4.69) is 16.0 Å². The number of phenols is 1. The van der Waals surface area contributed by atoms with Gasteiger partial charge < -0.3 is 38.3 Å². The zero-order valence-electron chi connectivity index (χ0n) is 20.5. The number of carbonyl (C=O) groups excluding carboxylic acids is 3. The van der Waals surface area contributed by atoms with Crippen molar-refractivity contribution in [1.29, 1.82) is 0 Å². The Bertz CT molecular complexity index is 1110. The van der Waals surface area contributed by atoms with Crippen LogP contribution in [-0.2, 0) is 27.2 Å². The summed E-state index contributed by atoms with van der Waals surface area (Å²) in [5, 5.41) is 18.7. The highest BCUT2D eigenvalue weighted by Crippen LogP contribution is 2.29. The van der Waals surface area contributed by atoms with Crippen LogP contribution >= 0.6 is 0 Å². The van der Waals surface area contributed by atoms with Gasteiger partial charge in [-0.1, -0.05) is 46.5 Å². The summed E-state index contributed by atoms with van der Waals surface area (Å²) in [6, 6.07) is 8.23. The Hall–Kier alpha value is -3.47. The molecule has 3 atom stereocenters. The van der Waals surface area contributed by atoms with Crippen LogP contribution in [0, 0.1) is 6.92 Å². The third kappa shape index (κ3) is 9.35. The molecule has 0 aromatic heterocycles. The maximum Gasteiger partial charge on any atom is 0.243 e. The lowest BCUT2D eigenvalue weighted by atomic mass is 9.93. The minimum Gasteiger partial charge on any atom is -0.508 e. The van der Waals surface area contributed by atoms with E-state index in [1.165, 1.54) is 0 Å². The minimum atomic E-state index is -0.998. The van der Waals surface area contributed by atoms with Crippen molar-refractivity contribution in [2.45, 2.75) is 73.0 Å². The number of aryl methyl sites for hydroxylation is 1. The fraction of sp³-hybridized carbons (Fsp3) is 0.483. The fourth-order valence-electron chi connectivity index (χ4n) is 4.22. The number of hydrogen-bond acceptors (Lipinski definition) is 7. The van der Waals surface area contributed by atoms with E-state index in [0.717, 1.165) is 22.3 Å². The first-order chi connectivity index (χ1) is 17.2. The molecule has 218 valence electrons. The zero-order chi connectivity index (χ0) is 26.2. The second kappa shape index (κ2) is 16.5. The molecule has 3 amide bonds. The first kappa shape index (κ1) is 35.5. The second-order valence-corrected chi connectivity index (χ2v) is 9.13. The van der Waals surface area contributed by atoms with Gasteiger partial charge in [-0.3, -0.25) is 14.4 Å². The molecule has 0 saturated heterocycles. The van der Waals surface area contributed by atoms with E-state index in [4.69, 9.17) is 17.2 Å². The van der Waals surface area contributed by atoms with Gasteiger partial charge in [-0.15, -0.1) is 0 Å². The smallest absolute Gasteiger partial charge is 0.243 e. The normalized spacial score (nSPS) is 18.9. The molecule has 10 nitrogen and oxygen atoms in total. The van der Waals surface area contributed by atoms with Gasteiger partial charge in [0.25, 0.3) is 0 Å². The molecule has 1 aliphatic rings. The van der Waals surface area contributed by atoms with E-state index < -0.39 is 29.9 Å². The molecule has 39 heavy (non-hydrogen) atoms. The molecule has 10 heteroatoms. The molecular formula is C29H48N6O4. The molecular weight excluding hydrogens is 496 g/mol. The monoisotopic (exact) mass is 544 g/mol. The first-order valence-electron chi connectivity index (χ1n) is 12.2. The van der Waals surface area contributed by atoms with Crippen molar-refractivity contribution < 1.29 is 19.5 Å². The van der Waals surface area contributed by atoms with Crippen molar-refractivity contribution in [1.82, 2.24) is 16.0 Å². The highest BCUT2D eigenvalue weighted by atomic mass is 16.3. The number of nitrogens with one attached hydrogen (secondary N) is 3. The summed E-state index contributed by atoms with van der Waals surface area (Å²) in [5.74, 6) is -1.36. The molecule has 4 bridgehead atoms. The molecule has 2 aromatic rings. The van der Waals surface area contributed by atoms with Crippen LogP contribution in [-0.4, -0.2) is 60.6 Å². The van der Waals surface area contributed by atoms with Gasteiger partial charge in [0.15, 0.2) is 0 Å². The van der Waals surface area contributed by atoms with E-state index >= 15 is 0 Å². The van der Waals surface area contributed by atoms with Gasteiger partial charge in [0.05, 0.1) is 6.04 Å². The Morgan fingerprint density at radius 3 is 2.23 bits per heavy atom. The molecule has 2 aromatic carbocycles. The van der Waals surface area contributed by atoms with Crippen LogP contribution in [0.15, 0.2) is 36.4 Å². The molecule has 0 unspecified atom stereocenters. The number of aromatic hydroxyl groups is 1. The first-order valence-corrected chi connectivity index (χ1v) is 12.2. The predicted octanol–water partition coefficient (Wildman–Crippen LogP) is 1.49. The van der Waals surface area contributed by atoms with E-state index in [0.29, 0.717) is 18.5 Å². The standard InChI is InChI=1S/C26H36N6O4.3CH4/c1-15-4-5-16-11-18(15)14-22(25(35)30-10-9-28)32-26(36)21(3-2-8-27)31-24(34)20(29)13-19-12-17(16)6-7-23(19)33;;;/h4-7,11-12,20-22,33H,2-3,8-10,13-14,27-29H2,1H3,(H,30,35)(H,31,34)(H,32,36);3*1H4/t20-,21-,22-;;;/m0.../s1. The van der Waals surface area contributed by atoms with Crippen LogP contribution < -0.4 is 33.2 Å². The van der Waals surface area contributed by atoms with Gasteiger partial charge in [-0.05, 0) is 66.3 Å². The molecule has 0 saturated carbocycles. The van der Waals surface area contributed by atoms with E-state index in [1.54, 1.807) is 18.2 Å². The topological polar surface area (TPSA) is 186 Å². The third-order valence-electron chi connectivity index (χ3n) is 6.37. The Kier molecular flexibility index (Phi) is 15.0. The number of hydrogen-bond donors (Lipinski definition) is 7. The highest BCUT2D eigenvalue weighted by molar-refractivity contribution is 5.93. The number of fused-ring (bicyclic) bond motifs is 5. The van der Waals surface area contributed by atoms with Crippen molar-refractivity contribution in [3.8, 4) is 16.9 Å². The average Bonchev–Trinajstić information content (AvgIpc) is 2.86. The van der Waals surface area contributed by atoms with Gasteiger partial charge in [0.2, 0.25) is 17.7 Å². The van der Waals surface area contributed by atoms with Gasteiger partial charge in [-0.25, -0.2) is 0 Å². The van der Waals surface area contributed by atoms with Gasteiger partial charge in [0, 0.05) is 25.9 Å². The highest BCUT2D eigenvalue weighted by Gasteiger charge is 2.29. The van der Waals surface area contributed by atoms with Crippen LogP contribution in [0.3, 0.4) is 0 Å². The summed E-state index contributed by atoms with van der Waals surface area (Å²) in [6.07, 6.45) is 1.10. The van der Waals surface area contributed by atoms with Crippen LogP contribution in [0.25, 0.3) is 11.1 Å². The molecule has 10 N–H and O–H groups in total. The molecule has 1 aliphatic heterocycles. The maximum atomic E-state index is 13.3. The number of benzene rings is 2. The third-order valence-corrected chi connectivity index (χ3v) is 6.37. The van der Waals surface area contributed by atoms with E-state index in [-0.39, 0.29) is 66.3 Å². The van der Waals surface area contributed by atoms with Crippen LogP contribution in [0.5, 0.6) is 5.75 Å². The fourth-order valence-corrected chi connectivity index (χ4v) is 4.22. The minimum absolute atomic E-state index is 0. The summed E-state index contributed by atoms with van der Waals surface area (Å²) in [6.45, 7) is 2.80. The summed E-state index contributed by atoms with van der Waals surface area (Å²) >= 11 is 0. The zero-order valence-corrected chi connectivity index (χ0v) is 20.5. The lowest BCUT2D eigenvalue weighted by Gasteiger charge is -2.24. The molecule has 1 heterocycles. The van der Waals surface area contributed by atoms with Crippen molar-refractivity contribution in [2.75, 3.05) is 19.6 Å². The predicted molar refractivity (Wildman–Crippen MR) is 158 cm³/mol. The lowest BCUT2D eigenvalue weighted by molar-refractivity contribution is -0.132. The summed E-state index contributed by atoms with van der Waals surface area (Å²) in [4.78, 5) is 39.2. The average molecular weight is 545 g/mol. The van der Waals surface area contributed by atoms with Crippen LogP contribution in [0.2, 0.25) is 0 Å². The maximum absolute atomic E-state index is 13.3. The largest absolute Gasteiger partial charge is 0.508 e. The Labute approximate surface area is 233 Å². The van der Waals surface area contributed by atoms with E-state index in [9.17, 15) is 19.5 Å².